The molecule has 3 saturated carbocycles. The zero-order valence-corrected chi connectivity index (χ0v) is 13.6. The van der Waals surface area contributed by atoms with Gasteiger partial charge in [0.2, 0.25) is 0 Å². The van der Waals surface area contributed by atoms with Crippen LogP contribution in [0.25, 0.3) is 0 Å². The van der Waals surface area contributed by atoms with Crippen molar-refractivity contribution in [1.29, 1.82) is 0 Å². The van der Waals surface area contributed by atoms with Gasteiger partial charge in [0.05, 0.1) is 0 Å². The highest BCUT2D eigenvalue weighted by atomic mass is 16.3. The van der Waals surface area contributed by atoms with E-state index in [0.717, 1.165) is 30.6 Å². The summed E-state index contributed by atoms with van der Waals surface area (Å²) in [5, 5.41) is 20.5. The molecule has 0 aromatic heterocycles. The third-order valence-corrected chi connectivity index (χ3v) is 8.20. The highest BCUT2D eigenvalue weighted by Gasteiger charge is 2.59. The van der Waals surface area contributed by atoms with Gasteiger partial charge in [-0.25, -0.2) is 0 Å². The number of hydrogen-bond donors (Lipinski definition) is 2. The minimum Gasteiger partial charge on any atom is -0.509 e. The van der Waals surface area contributed by atoms with Gasteiger partial charge in [0, 0.05) is 11.8 Å². The number of rotatable bonds is 0. The van der Waals surface area contributed by atoms with Crippen LogP contribution in [0.2, 0.25) is 0 Å². The Hall–Kier alpha value is -0.660. The van der Waals surface area contributed by atoms with Crippen LogP contribution in [0.1, 0.15) is 71.6 Å². The van der Waals surface area contributed by atoms with Crippen LogP contribution in [0, 0.1) is 34.5 Å². The van der Waals surface area contributed by atoms with Crippen LogP contribution in [-0.4, -0.2) is 10.2 Å². The zero-order valence-electron chi connectivity index (χ0n) is 13.6. The van der Waals surface area contributed by atoms with Crippen molar-refractivity contribution in [3.8, 4) is 0 Å². The Morgan fingerprint density at radius 3 is 2.52 bits per heavy atom. The molecule has 0 heterocycles. The molecular weight excluding hydrogens is 260 g/mol. The predicted molar refractivity (Wildman–Crippen MR) is 84.0 cm³/mol. The maximum atomic E-state index is 10.4. The molecule has 21 heavy (non-hydrogen) atoms. The average Bonchev–Trinajstić information content (AvgIpc) is 2.70. The maximum Gasteiger partial charge on any atom is 0.136 e. The van der Waals surface area contributed by atoms with E-state index in [-0.39, 0.29) is 5.41 Å². The Kier molecular flexibility index (Phi) is 2.94. The smallest absolute Gasteiger partial charge is 0.136 e. The summed E-state index contributed by atoms with van der Waals surface area (Å²) in [6, 6.07) is 0. The first kappa shape index (κ1) is 14.0. The van der Waals surface area contributed by atoms with Crippen LogP contribution >= 0.6 is 0 Å². The van der Waals surface area contributed by atoms with E-state index in [1.807, 2.05) is 0 Å². The largest absolute Gasteiger partial charge is 0.509 e. The second-order valence-corrected chi connectivity index (χ2v) is 8.86. The van der Waals surface area contributed by atoms with E-state index >= 15 is 0 Å². The van der Waals surface area contributed by atoms with Crippen LogP contribution < -0.4 is 0 Å². The lowest BCUT2D eigenvalue weighted by molar-refractivity contribution is -0.104. The lowest BCUT2D eigenvalue weighted by Crippen LogP contribution is -2.52. The molecule has 4 aliphatic rings. The first-order valence-corrected chi connectivity index (χ1v) is 9.08. The van der Waals surface area contributed by atoms with E-state index in [1.165, 1.54) is 44.9 Å². The molecule has 2 N–H and O–H groups in total. The lowest BCUT2D eigenvalue weighted by Gasteiger charge is -2.59. The number of aliphatic hydroxyl groups excluding tert-OH is 2. The third-order valence-electron chi connectivity index (χ3n) is 8.20. The fourth-order valence-electron chi connectivity index (χ4n) is 6.92. The van der Waals surface area contributed by atoms with Crippen LogP contribution in [0.4, 0.5) is 0 Å². The van der Waals surface area contributed by atoms with Crippen molar-refractivity contribution < 1.29 is 10.2 Å². The molecule has 4 aliphatic carbocycles. The van der Waals surface area contributed by atoms with Gasteiger partial charge >= 0.3 is 0 Å². The van der Waals surface area contributed by atoms with Gasteiger partial charge in [0.25, 0.3) is 0 Å². The zero-order chi connectivity index (χ0) is 14.8. The molecule has 0 spiro atoms. The fraction of sp³-hybridized carbons (Fsp3) is 0.895. The van der Waals surface area contributed by atoms with Crippen LogP contribution in [0.5, 0.6) is 0 Å². The van der Waals surface area contributed by atoms with Crippen molar-refractivity contribution in [3.63, 3.8) is 0 Å². The Morgan fingerprint density at radius 1 is 0.905 bits per heavy atom. The SMILES string of the molecule is C[C@]12CCCC[C@@H]1CC[C@@H]1[C@@H]2CC[C@]2(C)C(O)=C(O)C[C@@H]12. The molecule has 0 aromatic carbocycles. The summed E-state index contributed by atoms with van der Waals surface area (Å²) < 4.78 is 0. The lowest BCUT2D eigenvalue weighted by atomic mass is 9.45. The standard InChI is InChI=1S/C19H30O2/c1-18-9-4-3-5-12(18)6-7-13-14(18)8-10-19(2)15(13)11-16(20)17(19)21/h12-15,20-21H,3-11H2,1-2H3/t12-,13-,14+,15+,18+,19+/m1/s1. The Bertz CT molecular complexity index is 482. The van der Waals surface area contributed by atoms with E-state index in [4.69, 9.17) is 0 Å². The van der Waals surface area contributed by atoms with Crippen molar-refractivity contribution in [2.24, 2.45) is 34.5 Å². The molecule has 2 heteroatoms. The predicted octanol–water partition coefficient (Wildman–Crippen LogP) is 5.36. The summed E-state index contributed by atoms with van der Waals surface area (Å²) in [4.78, 5) is 0. The first-order valence-electron chi connectivity index (χ1n) is 9.08. The second-order valence-electron chi connectivity index (χ2n) is 8.86. The van der Waals surface area contributed by atoms with Crippen LogP contribution in [0.15, 0.2) is 11.5 Å². The van der Waals surface area contributed by atoms with Crippen molar-refractivity contribution in [3.05, 3.63) is 11.5 Å². The third kappa shape index (κ3) is 1.71. The Balaban J connectivity index is 1.66. The van der Waals surface area contributed by atoms with E-state index < -0.39 is 0 Å². The van der Waals surface area contributed by atoms with Gasteiger partial charge in [-0.05, 0) is 67.6 Å². The second kappa shape index (κ2) is 4.43. The molecule has 0 saturated heterocycles. The number of hydrogen-bond acceptors (Lipinski definition) is 2. The molecule has 2 nitrogen and oxygen atoms in total. The van der Waals surface area contributed by atoms with Crippen LogP contribution in [-0.2, 0) is 0 Å². The van der Waals surface area contributed by atoms with Gasteiger partial charge in [0.1, 0.15) is 11.5 Å². The minimum atomic E-state index is -0.136. The van der Waals surface area contributed by atoms with Crippen molar-refractivity contribution >= 4 is 0 Å². The van der Waals surface area contributed by atoms with E-state index in [1.54, 1.807) is 0 Å². The van der Waals surface area contributed by atoms with Gasteiger partial charge in [-0.1, -0.05) is 26.7 Å². The Labute approximate surface area is 128 Å². The topological polar surface area (TPSA) is 40.5 Å². The van der Waals surface area contributed by atoms with Crippen molar-refractivity contribution in [2.45, 2.75) is 71.6 Å². The van der Waals surface area contributed by atoms with Crippen LogP contribution in [0.3, 0.4) is 0 Å². The molecule has 0 radical (unpaired) electrons. The van der Waals surface area contributed by atoms with Gasteiger partial charge in [-0.15, -0.1) is 0 Å². The van der Waals surface area contributed by atoms with E-state index in [2.05, 4.69) is 13.8 Å². The van der Waals surface area contributed by atoms with E-state index in [9.17, 15) is 10.2 Å². The molecule has 118 valence electrons. The molecule has 0 aliphatic heterocycles. The molecule has 0 bridgehead atoms. The average molecular weight is 290 g/mol. The van der Waals surface area contributed by atoms with Gasteiger partial charge in [-0.3, -0.25) is 0 Å². The molecule has 6 atom stereocenters. The molecule has 4 rings (SSSR count). The van der Waals surface area contributed by atoms with Gasteiger partial charge < -0.3 is 10.2 Å². The Morgan fingerprint density at radius 2 is 1.71 bits per heavy atom. The molecule has 0 amide bonds. The number of fused-ring (bicyclic) bond motifs is 5. The normalized spacial score (nSPS) is 53.0. The summed E-state index contributed by atoms with van der Waals surface area (Å²) in [5.74, 6) is 3.58. The minimum absolute atomic E-state index is 0.136. The fourth-order valence-corrected chi connectivity index (χ4v) is 6.92. The molecular formula is C19H30O2. The van der Waals surface area contributed by atoms with Crippen molar-refractivity contribution in [2.75, 3.05) is 0 Å². The summed E-state index contributed by atoms with van der Waals surface area (Å²) in [6.45, 7) is 4.76. The van der Waals surface area contributed by atoms with Gasteiger partial charge in [-0.2, -0.15) is 0 Å². The number of allylic oxidation sites excluding steroid dienone is 2. The highest BCUT2D eigenvalue weighted by molar-refractivity contribution is 5.23. The quantitative estimate of drug-likeness (QED) is 0.630. The summed E-state index contributed by atoms with van der Waals surface area (Å²) in [6.07, 6.45) is 11.4. The number of aliphatic hydroxyl groups is 2. The first-order chi connectivity index (χ1) is 9.97. The van der Waals surface area contributed by atoms with Crippen molar-refractivity contribution in [1.82, 2.24) is 0 Å². The molecule has 3 fully saturated rings. The van der Waals surface area contributed by atoms with E-state index in [0.29, 0.717) is 22.9 Å². The summed E-state index contributed by atoms with van der Waals surface area (Å²) in [5.41, 5.74) is 0.402. The van der Waals surface area contributed by atoms with Gasteiger partial charge in [0.15, 0.2) is 0 Å². The monoisotopic (exact) mass is 290 g/mol. The highest BCUT2D eigenvalue weighted by Crippen LogP contribution is 2.66. The summed E-state index contributed by atoms with van der Waals surface area (Å²) in [7, 11) is 0. The molecule has 0 unspecified atom stereocenters. The maximum absolute atomic E-state index is 10.4. The molecule has 0 aromatic rings. The summed E-state index contributed by atoms with van der Waals surface area (Å²) >= 11 is 0.